The van der Waals surface area contributed by atoms with Crippen molar-refractivity contribution in [2.24, 2.45) is 0 Å². The van der Waals surface area contributed by atoms with Crippen molar-refractivity contribution in [1.82, 2.24) is 0 Å². The van der Waals surface area contributed by atoms with E-state index < -0.39 is 5.41 Å². The highest BCUT2D eigenvalue weighted by atomic mass is 15.2. The zero-order valence-electron chi connectivity index (χ0n) is 76.8. The van der Waals surface area contributed by atoms with Gasteiger partial charge in [0.05, 0.1) is 34.1 Å². The molecular weight excluding hydrogens is 1640 g/mol. The van der Waals surface area contributed by atoms with Crippen molar-refractivity contribution in [3.8, 4) is 66.8 Å². The summed E-state index contributed by atoms with van der Waals surface area (Å²) in [6, 6.07) is 184. The fourth-order valence-corrected chi connectivity index (χ4v) is 22.1. The van der Waals surface area contributed by atoms with E-state index >= 15 is 0 Å². The minimum Gasteiger partial charge on any atom is -0.311 e. The lowest BCUT2D eigenvalue weighted by Gasteiger charge is -2.46. The lowest BCUT2D eigenvalue weighted by molar-refractivity contribution is 0.523. The predicted octanol–water partition coefficient (Wildman–Crippen LogP) is 30.6. The Kier molecular flexibility index (Phi) is 20.7. The Morgan fingerprint density at radius 3 is 0.860 bits per heavy atom. The summed E-state index contributed by atoms with van der Waals surface area (Å²) in [6.45, 7) is 11.7. The smallest absolute Gasteiger partial charge is 0.252 e. The monoisotopic (exact) mass is 1740 g/mol. The normalized spacial score (nSPS) is 12.7. The Morgan fingerprint density at radius 2 is 0.471 bits per heavy atom. The summed E-state index contributed by atoms with van der Waals surface area (Å²) in [5.41, 5.74) is 43.8. The largest absolute Gasteiger partial charge is 0.311 e. The minimum atomic E-state index is -0.464. The first kappa shape index (κ1) is 82.5. The second-order valence-corrected chi connectivity index (χ2v) is 38.0. The third-order valence-electron chi connectivity index (χ3n) is 28.3. The third kappa shape index (κ3) is 14.4. The van der Waals surface area contributed by atoms with Gasteiger partial charge in [0.1, 0.15) is 0 Å². The molecule has 0 spiro atoms. The van der Waals surface area contributed by atoms with Gasteiger partial charge >= 0.3 is 0 Å². The van der Waals surface area contributed by atoms with Crippen LogP contribution in [0.5, 0.6) is 0 Å². The fraction of sp³-hybridized carbons (Fsp3) is 0.0625. The Hall–Kier alpha value is -16.7. The molecule has 136 heavy (non-hydrogen) atoms. The van der Waals surface area contributed by atoms with Crippen molar-refractivity contribution in [2.45, 2.75) is 51.9 Å². The Labute approximate surface area is 799 Å². The van der Waals surface area contributed by atoms with E-state index in [4.69, 9.17) is 0 Å². The molecule has 4 aliphatic heterocycles. The first-order valence-corrected chi connectivity index (χ1v) is 47.6. The summed E-state index contributed by atoms with van der Waals surface area (Å²) in [6.07, 6.45) is 0.714. The first-order chi connectivity index (χ1) is 66.9. The second kappa shape index (κ2) is 34.2. The number of hydrogen-bond donors (Lipinski definition) is 0. The van der Waals surface area contributed by atoms with Gasteiger partial charge < -0.3 is 29.4 Å². The van der Waals surface area contributed by atoms with E-state index in [0.29, 0.717) is 6.42 Å². The molecule has 0 aliphatic carbocycles. The molecule has 0 fully saturated rings. The molecule has 20 aromatic rings. The highest BCUT2D eigenvalue weighted by Crippen LogP contribution is 2.57. The number of hydrogen-bond acceptors (Lipinski definition) is 6. The van der Waals surface area contributed by atoms with Crippen LogP contribution in [0.15, 0.2) is 491 Å². The van der Waals surface area contributed by atoms with Crippen LogP contribution < -0.4 is 62.2 Å². The van der Waals surface area contributed by atoms with Gasteiger partial charge in [0, 0.05) is 102 Å². The molecule has 0 atom stereocenters. The van der Waals surface area contributed by atoms with Crippen LogP contribution in [-0.2, 0) is 17.3 Å². The highest BCUT2D eigenvalue weighted by Gasteiger charge is 2.49. The maximum Gasteiger partial charge on any atom is 0.252 e. The van der Waals surface area contributed by atoms with Crippen LogP contribution in [0.4, 0.5) is 102 Å². The summed E-state index contributed by atoms with van der Waals surface area (Å²) in [5.74, 6) is 0. The van der Waals surface area contributed by atoms with Crippen molar-refractivity contribution >= 4 is 149 Å². The molecule has 24 rings (SSSR count). The van der Waals surface area contributed by atoms with Crippen molar-refractivity contribution < 1.29 is 0 Å². The van der Waals surface area contributed by atoms with Crippen LogP contribution in [0.2, 0.25) is 0 Å². The quantitative estimate of drug-likeness (QED) is 0.0746. The van der Waals surface area contributed by atoms with Gasteiger partial charge in [-0.2, -0.15) is 0 Å². The van der Waals surface area contributed by atoms with E-state index in [-0.39, 0.29) is 18.8 Å². The van der Waals surface area contributed by atoms with Gasteiger partial charge in [0.2, 0.25) is 0 Å². The van der Waals surface area contributed by atoms with Crippen LogP contribution >= 0.6 is 0 Å². The molecular formula is C128H98B2N6. The number of fused-ring (bicyclic) bond motifs is 8. The first-order valence-electron chi connectivity index (χ1n) is 47.6. The predicted molar refractivity (Wildman–Crippen MR) is 578 cm³/mol. The van der Waals surface area contributed by atoms with E-state index in [1.165, 1.54) is 49.5 Å². The molecule has 0 N–H and O–H groups in total. The average molecular weight is 1740 g/mol. The van der Waals surface area contributed by atoms with E-state index in [2.05, 4.69) is 555 Å². The molecule has 8 heteroatoms. The number of para-hydroxylation sites is 9. The SMILES string of the molecule is CC(C)(C)c1ccc2c(c1)B1c3cc(C(C)(C)Cc4cccc(N(c5ccccc5)c5cc6c7c(c5)N(c5c(-c8ccccc8)cccc5-c5ccccc5)c5ccccc5B7c5ccccc5N6c5ccccc5-c5ccccc5)c4)ccc3N(c3ccccc3-c3ccccc3)c3cc(N(c4ccccc4)c4ccccc4)cc(c31)N2c1c(-c2ccccc2)cccc1-c1ccccc1. The van der Waals surface area contributed by atoms with Crippen molar-refractivity contribution in [2.75, 3.05) is 29.4 Å². The molecule has 0 aromatic heterocycles. The summed E-state index contributed by atoms with van der Waals surface area (Å²) in [7, 11) is 0. The van der Waals surface area contributed by atoms with Crippen LogP contribution in [0.1, 0.15) is 51.3 Å². The second-order valence-electron chi connectivity index (χ2n) is 38.0. The number of anilines is 18. The summed E-state index contributed by atoms with van der Waals surface area (Å²) < 4.78 is 0. The molecule has 0 saturated carbocycles. The summed E-state index contributed by atoms with van der Waals surface area (Å²) in [5, 5.41) is 0. The van der Waals surface area contributed by atoms with Crippen LogP contribution in [0.25, 0.3) is 66.8 Å². The van der Waals surface area contributed by atoms with Crippen LogP contribution in [0.3, 0.4) is 0 Å². The van der Waals surface area contributed by atoms with Gasteiger partial charge in [-0.15, -0.1) is 0 Å². The zero-order valence-corrected chi connectivity index (χ0v) is 76.8. The third-order valence-corrected chi connectivity index (χ3v) is 28.3. The maximum atomic E-state index is 2.67. The van der Waals surface area contributed by atoms with Crippen molar-refractivity contribution in [3.63, 3.8) is 0 Å². The van der Waals surface area contributed by atoms with Gasteiger partial charge in [-0.05, 0) is 209 Å². The molecule has 0 amide bonds. The average Bonchev–Trinajstić information content (AvgIpc) is 0.692. The molecule has 4 aliphatic rings. The summed E-state index contributed by atoms with van der Waals surface area (Å²) in [4.78, 5) is 15.5. The number of benzene rings is 20. The Balaban J connectivity index is 0.723. The van der Waals surface area contributed by atoms with Gasteiger partial charge in [-0.3, -0.25) is 0 Å². The molecule has 4 heterocycles. The number of rotatable bonds is 19. The topological polar surface area (TPSA) is 19.4 Å². The van der Waals surface area contributed by atoms with E-state index in [9.17, 15) is 0 Å². The van der Waals surface area contributed by atoms with Crippen molar-refractivity contribution in [1.29, 1.82) is 0 Å². The lowest BCUT2D eigenvalue weighted by atomic mass is 9.33. The lowest BCUT2D eigenvalue weighted by Crippen LogP contribution is -2.61. The standard InChI is InChI=1S/C128H98B2N6/c1-127(2,3)95-76-78-118-111(81-95)130-112-82-96(77-79-117(112)134(114-73-38-34-65-104(114)90-47-17-7-18-48-90)120-83-101(131(97-57-27-12-28-58-97)98-59-29-13-30-60-98)85-122(124(120)130)136(118)126-107(93-53-23-10-24-54-93)68-43-69-108(126)94-55-25-11-26-56-94)128(4,5)87-88-44-41-63-100(80-88)132(99-61-31-14-32-62-99)102-84-119-123-121(86-102)135(125-105(91-49-19-8-20-50-91)66-42-67-106(125)92-51-21-9-22-52-92)116-75-40-36-71-110(116)129(123)109-70-35-39-74-115(109)133(119)113-72-37-33-64-103(113)89-45-15-6-16-46-89/h6-86H,87H2,1-5H3. The van der Waals surface area contributed by atoms with Gasteiger partial charge in [0.25, 0.3) is 13.4 Å². The summed E-state index contributed by atoms with van der Waals surface area (Å²) >= 11 is 0. The highest BCUT2D eigenvalue weighted by molar-refractivity contribution is 7.01. The molecule has 0 unspecified atom stereocenters. The molecule has 20 aromatic carbocycles. The van der Waals surface area contributed by atoms with Crippen LogP contribution in [0, 0.1) is 0 Å². The van der Waals surface area contributed by atoms with Gasteiger partial charge in [0.15, 0.2) is 0 Å². The maximum absolute atomic E-state index is 2.67. The molecule has 6 nitrogen and oxygen atoms in total. The minimum absolute atomic E-state index is 0.140. The van der Waals surface area contributed by atoms with Crippen LogP contribution in [-0.4, -0.2) is 13.4 Å². The zero-order chi connectivity index (χ0) is 91.1. The number of nitrogens with zero attached hydrogens (tertiary/aromatic N) is 6. The van der Waals surface area contributed by atoms with E-state index in [1.54, 1.807) is 0 Å². The Morgan fingerprint density at radius 1 is 0.199 bits per heavy atom. The Bertz CT molecular complexity index is 7760. The van der Waals surface area contributed by atoms with Gasteiger partial charge in [-0.1, -0.05) is 417 Å². The van der Waals surface area contributed by atoms with E-state index in [0.717, 1.165) is 169 Å². The van der Waals surface area contributed by atoms with E-state index in [1.807, 2.05) is 0 Å². The fourth-order valence-electron chi connectivity index (χ4n) is 22.1. The van der Waals surface area contributed by atoms with Gasteiger partial charge in [-0.25, -0.2) is 0 Å². The molecule has 0 bridgehead atoms. The molecule has 0 saturated heterocycles. The van der Waals surface area contributed by atoms with Crippen molar-refractivity contribution in [3.05, 3.63) is 508 Å². The molecule has 0 radical (unpaired) electrons. The molecule has 646 valence electrons.